The van der Waals surface area contributed by atoms with Crippen LogP contribution in [-0.4, -0.2) is 51.1 Å². The van der Waals surface area contributed by atoms with Gasteiger partial charge in [-0.2, -0.15) is 0 Å². The standard InChI is InChI=1S/C26H35N5O2/c1-8-33-21-13-16(2)27-24-18(21)9-11-20(32)23(24)19-10-12-22(29-28-19)31(7)17-14-25(3,4)30-26(5,6)15-17/h9-13,17,30,32H,8,14-15H2,1-7H3. The first-order valence-electron chi connectivity index (χ1n) is 11.6. The molecule has 0 amide bonds. The highest BCUT2D eigenvalue weighted by Gasteiger charge is 2.39. The van der Waals surface area contributed by atoms with Crippen LogP contribution in [0.15, 0.2) is 30.3 Å². The van der Waals surface area contributed by atoms with E-state index in [0.29, 0.717) is 29.4 Å². The third-order valence-electron chi connectivity index (χ3n) is 6.33. The molecule has 7 heteroatoms. The largest absolute Gasteiger partial charge is 0.507 e. The molecule has 1 aliphatic rings. The molecule has 0 atom stereocenters. The lowest BCUT2D eigenvalue weighted by Gasteiger charge is -2.49. The Kier molecular flexibility index (Phi) is 5.95. The number of anilines is 1. The second-order valence-corrected chi connectivity index (χ2v) is 10.4. The number of nitrogens with one attached hydrogen (secondary N) is 1. The fraction of sp³-hybridized carbons (Fsp3) is 0.500. The number of hydrogen-bond acceptors (Lipinski definition) is 7. The number of fused-ring (bicyclic) bond motifs is 1. The summed E-state index contributed by atoms with van der Waals surface area (Å²) in [5.74, 6) is 1.69. The van der Waals surface area contributed by atoms with E-state index in [9.17, 15) is 5.11 Å². The van der Waals surface area contributed by atoms with Gasteiger partial charge in [0, 0.05) is 41.3 Å². The Labute approximate surface area is 196 Å². The van der Waals surface area contributed by atoms with Gasteiger partial charge in [0.1, 0.15) is 11.5 Å². The molecule has 0 bridgehead atoms. The molecule has 1 aliphatic heterocycles. The lowest BCUT2D eigenvalue weighted by Crippen LogP contribution is -2.62. The van der Waals surface area contributed by atoms with E-state index in [-0.39, 0.29) is 16.8 Å². The van der Waals surface area contributed by atoms with Crippen molar-refractivity contribution >= 4 is 16.7 Å². The zero-order valence-electron chi connectivity index (χ0n) is 20.7. The summed E-state index contributed by atoms with van der Waals surface area (Å²) in [5, 5.41) is 24.3. The molecule has 3 aromatic rings. The molecule has 4 rings (SSSR count). The molecular weight excluding hydrogens is 414 g/mol. The second kappa shape index (κ2) is 8.45. The van der Waals surface area contributed by atoms with Gasteiger partial charge in [-0.05, 0) is 78.6 Å². The van der Waals surface area contributed by atoms with Gasteiger partial charge in [0.05, 0.1) is 23.4 Å². The van der Waals surface area contributed by atoms with Gasteiger partial charge >= 0.3 is 0 Å². The smallest absolute Gasteiger partial charge is 0.151 e. The van der Waals surface area contributed by atoms with E-state index in [2.05, 4.69) is 55.2 Å². The van der Waals surface area contributed by atoms with Crippen LogP contribution >= 0.6 is 0 Å². The van der Waals surface area contributed by atoms with E-state index in [1.807, 2.05) is 38.1 Å². The van der Waals surface area contributed by atoms with Crippen molar-refractivity contribution in [2.75, 3.05) is 18.6 Å². The van der Waals surface area contributed by atoms with Crippen molar-refractivity contribution in [1.82, 2.24) is 20.5 Å². The maximum Gasteiger partial charge on any atom is 0.151 e. The zero-order valence-corrected chi connectivity index (χ0v) is 20.7. The van der Waals surface area contributed by atoms with E-state index >= 15 is 0 Å². The van der Waals surface area contributed by atoms with Crippen molar-refractivity contribution < 1.29 is 9.84 Å². The maximum absolute atomic E-state index is 10.7. The van der Waals surface area contributed by atoms with Crippen LogP contribution in [0.25, 0.3) is 22.2 Å². The van der Waals surface area contributed by atoms with Gasteiger partial charge < -0.3 is 20.1 Å². The summed E-state index contributed by atoms with van der Waals surface area (Å²) in [6.45, 7) is 13.4. The highest BCUT2D eigenvalue weighted by molar-refractivity contribution is 5.99. The normalized spacial score (nSPS) is 17.8. The third-order valence-corrected chi connectivity index (χ3v) is 6.33. The van der Waals surface area contributed by atoms with Crippen molar-refractivity contribution in [3.63, 3.8) is 0 Å². The summed E-state index contributed by atoms with van der Waals surface area (Å²) in [6.07, 6.45) is 2.04. The van der Waals surface area contributed by atoms with Crippen molar-refractivity contribution in [3.8, 4) is 22.8 Å². The van der Waals surface area contributed by atoms with Crippen LogP contribution in [0.3, 0.4) is 0 Å². The molecule has 0 radical (unpaired) electrons. The molecule has 176 valence electrons. The summed E-state index contributed by atoms with van der Waals surface area (Å²) in [4.78, 5) is 6.92. The van der Waals surface area contributed by atoms with Crippen molar-refractivity contribution in [1.29, 1.82) is 0 Å². The lowest BCUT2D eigenvalue weighted by atomic mass is 9.79. The van der Waals surface area contributed by atoms with E-state index < -0.39 is 0 Å². The van der Waals surface area contributed by atoms with Gasteiger partial charge in [-0.1, -0.05) is 0 Å². The van der Waals surface area contributed by atoms with E-state index in [0.717, 1.165) is 35.5 Å². The number of hydrogen-bond donors (Lipinski definition) is 2. The fourth-order valence-corrected chi connectivity index (χ4v) is 5.28. The summed E-state index contributed by atoms with van der Waals surface area (Å²) in [7, 11) is 2.08. The summed E-state index contributed by atoms with van der Waals surface area (Å²) < 4.78 is 5.81. The molecule has 3 heterocycles. The zero-order chi connectivity index (χ0) is 24.0. The highest BCUT2D eigenvalue weighted by atomic mass is 16.5. The van der Waals surface area contributed by atoms with E-state index in [1.165, 1.54) is 0 Å². The van der Waals surface area contributed by atoms with Crippen molar-refractivity contribution in [3.05, 3.63) is 36.0 Å². The van der Waals surface area contributed by atoms with Crippen LogP contribution in [-0.2, 0) is 0 Å². The predicted octanol–water partition coefficient (Wildman–Crippen LogP) is 4.85. The Morgan fingerprint density at radius 1 is 1.09 bits per heavy atom. The number of phenolic OH excluding ortho intramolecular Hbond substituents is 1. The minimum absolute atomic E-state index is 0.0462. The van der Waals surface area contributed by atoms with Crippen LogP contribution < -0.4 is 15.0 Å². The number of pyridine rings is 1. The Morgan fingerprint density at radius 3 is 2.39 bits per heavy atom. The maximum atomic E-state index is 10.7. The molecule has 1 saturated heterocycles. The van der Waals surface area contributed by atoms with Crippen LogP contribution in [0.4, 0.5) is 5.82 Å². The van der Waals surface area contributed by atoms with Gasteiger partial charge in [-0.25, -0.2) is 0 Å². The molecule has 0 saturated carbocycles. The number of aromatic hydroxyl groups is 1. The third kappa shape index (κ3) is 4.74. The van der Waals surface area contributed by atoms with Gasteiger partial charge in [0.15, 0.2) is 5.82 Å². The molecule has 0 aliphatic carbocycles. The van der Waals surface area contributed by atoms with Gasteiger partial charge in [0.25, 0.3) is 0 Å². The van der Waals surface area contributed by atoms with Gasteiger partial charge in [-0.15, -0.1) is 10.2 Å². The van der Waals surface area contributed by atoms with Crippen molar-refractivity contribution in [2.24, 2.45) is 0 Å². The second-order valence-electron chi connectivity index (χ2n) is 10.4. The Bertz CT molecular complexity index is 1140. The fourth-order valence-electron chi connectivity index (χ4n) is 5.28. The average Bonchev–Trinajstić information content (AvgIpc) is 2.71. The molecule has 0 spiro atoms. The average molecular weight is 450 g/mol. The van der Waals surface area contributed by atoms with Crippen LogP contribution in [0.1, 0.15) is 53.2 Å². The first-order chi connectivity index (χ1) is 15.5. The number of rotatable bonds is 5. The minimum Gasteiger partial charge on any atom is -0.507 e. The van der Waals surface area contributed by atoms with Gasteiger partial charge in [0.2, 0.25) is 0 Å². The van der Waals surface area contributed by atoms with E-state index in [4.69, 9.17) is 9.72 Å². The van der Waals surface area contributed by atoms with Crippen LogP contribution in [0.5, 0.6) is 11.5 Å². The monoisotopic (exact) mass is 449 g/mol. The Hall–Kier alpha value is -2.93. The lowest BCUT2D eigenvalue weighted by molar-refractivity contribution is 0.160. The van der Waals surface area contributed by atoms with Crippen LogP contribution in [0.2, 0.25) is 0 Å². The number of phenols is 1. The molecule has 33 heavy (non-hydrogen) atoms. The topological polar surface area (TPSA) is 83.4 Å². The quantitative estimate of drug-likeness (QED) is 0.576. The molecule has 2 N–H and O–H groups in total. The summed E-state index contributed by atoms with van der Waals surface area (Å²) in [5.41, 5.74) is 2.73. The summed E-state index contributed by atoms with van der Waals surface area (Å²) >= 11 is 0. The molecule has 1 fully saturated rings. The highest BCUT2D eigenvalue weighted by Crippen LogP contribution is 2.38. The number of aromatic nitrogens is 3. The van der Waals surface area contributed by atoms with Crippen molar-refractivity contribution in [2.45, 2.75) is 71.5 Å². The Balaban J connectivity index is 1.70. The molecular formula is C26H35N5O2. The molecule has 0 unspecified atom stereocenters. The molecule has 2 aromatic heterocycles. The predicted molar refractivity (Wildman–Crippen MR) is 133 cm³/mol. The molecule has 7 nitrogen and oxygen atoms in total. The SMILES string of the molecule is CCOc1cc(C)nc2c(-c3ccc(N(C)C4CC(C)(C)NC(C)(C)C4)nn3)c(O)ccc12. The number of benzene rings is 1. The number of ether oxygens (including phenoxy) is 1. The minimum atomic E-state index is 0.0462. The summed E-state index contributed by atoms with van der Waals surface area (Å²) in [6, 6.07) is 9.65. The molecule has 1 aromatic carbocycles. The number of aryl methyl sites for hydroxylation is 1. The first-order valence-corrected chi connectivity index (χ1v) is 11.6. The van der Waals surface area contributed by atoms with Crippen LogP contribution in [0, 0.1) is 6.92 Å². The number of piperidine rings is 1. The van der Waals surface area contributed by atoms with Gasteiger partial charge in [-0.3, -0.25) is 4.98 Å². The number of nitrogens with zero attached hydrogens (tertiary/aromatic N) is 4. The van der Waals surface area contributed by atoms with E-state index in [1.54, 1.807) is 6.07 Å². The first kappa shape index (κ1) is 23.2. The Morgan fingerprint density at radius 2 is 1.79 bits per heavy atom.